The average Bonchev–Trinajstić information content (AvgIpc) is 3.04. The van der Waals surface area contributed by atoms with Crippen molar-refractivity contribution in [3.63, 3.8) is 0 Å². The summed E-state index contributed by atoms with van der Waals surface area (Å²) >= 11 is 0. The van der Waals surface area contributed by atoms with Crippen LogP contribution in [0.5, 0.6) is 0 Å². The molecule has 0 N–H and O–H groups in total. The number of ketones is 1. The molecule has 0 aromatic carbocycles. The fraction of sp³-hybridized carbons (Fsp3) is 0.828. The van der Waals surface area contributed by atoms with Gasteiger partial charge in [-0.2, -0.15) is 0 Å². The molecule has 0 amide bonds. The van der Waals surface area contributed by atoms with E-state index in [2.05, 4.69) is 46.8 Å². The van der Waals surface area contributed by atoms with Crippen LogP contribution in [0.3, 0.4) is 0 Å². The van der Waals surface area contributed by atoms with E-state index in [-0.39, 0.29) is 5.92 Å². The van der Waals surface area contributed by atoms with Gasteiger partial charge in [-0.15, -0.1) is 0 Å². The normalized spacial score (nSPS) is 38.2. The molecular formula is C29H48O. The van der Waals surface area contributed by atoms with Crippen LogP contribution in [0.1, 0.15) is 112 Å². The van der Waals surface area contributed by atoms with Gasteiger partial charge < -0.3 is 0 Å². The average molecular weight is 413 g/mol. The molecule has 0 heterocycles. The predicted molar refractivity (Wildman–Crippen MR) is 129 cm³/mol. The van der Waals surface area contributed by atoms with Gasteiger partial charge in [0.2, 0.25) is 0 Å². The number of hydrogen-bond donors (Lipinski definition) is 0. The Morgan fingerprint density at radius 2 is 1.80 bits per heavy atom. The van der Waals surface area contributed by atoms with E-state index in [9.17, 15) is 4.79 Å². The van der Waals surface area contributed by atoms with E-state index in [4.69, 9.17) is 0 Å². The number of fused-ring (bicyclic) bond motifs is 1. The van der Waals surface area contributed by atoms with Crippen LogP contribution in [0.25, 0.3) is 0 Å². The minimum absolute atomic E-state index is 0.269. The summed E-state index contributed by atoms with van der Waals surface area (Å²) in [5, 5.41) is 0. The quantitative estimate of drug-likeness (QED) is 0.409. The van der Waals surface area contributed by atoms with Gasteiger partial charge in [-0.25, -0.2) is 0 Å². The lowest BCUT2D eigenvalue weighted by molar-refractivity contribution is -0.121. The van der Waals surface area contributed by atoms with E-state index in [0.717, 1.165) is 36.5 Å². The van der Waals surface area contributed by atoms with E-state index in [1.165, 1.54) is 63.4 Å². The maximum absolute atomic E-state index is 11.9. The lowest BCUT2D eigenvalue weighted by Gasteiger charge is -2.44. The Kier molecular flexibility index (Phi) is 8.08. The van der Waals surface area contributed by atoms with Gasteiger partial charge in [-0.1, -0.05) is 77.2 Å². The Hall–Kier alpha value is -0.850. The number of Topliss-reactive ketones (excluding diaryl/α,β-unsaturated/α-hetero) is 1. The molecule has 0 aromatic heterocycles. The Labute approximate surface area is 187 Å². The van der Waals surface area contributed by atoms with Crippen molar-refractivity contribution in [2.24, 2.45) is 40.9 Å². The van der Waals surface area contributed by atoms with E-state index in [0.29, 0.717) is 17.1 Å². The van der Waals surface area contributed by atoms with Crippen LogP contribution >= 0.6 is 0 Å². The van der Waals surface area contributed by atoms with E-state index in [1.807, 2.05) is 0 Å². The van der Waals surface area contributed by atoms with Crippen molar-refractivity contribution >= 4 is 5.78 Å². The molecule has 170 valence electrons. The third kappa shape index (κ3) is 5.31. The van der Waals surface area contributed by atoms with E-state index in [1.54, 1.807) is 12.5 Å². The summed E-state index contributed by atoms with van der Waals surface area (Å²) in [6.45, 7) is 14.0. The molecule has 3 aliphatic rings. The third-order valence-corrected chi connectivity index (χ3v) is 9.32. The van der Waals surface area contributed by atoms with Crippen LogP contribution in [-0.2, 0) is 4.79 Å². The molecule has 3 fully saturated rings. The summed E-state index contributed by atoms with van der Waals surface area (Å²) < 4.78 is 0. The molecule has 1 nitrogen and oxygen atoms in total. The zero-order chi connectivity index (χ0) is 21.9. The predicted octanol–water partition coefficient (Wildman–Crippen LogP) is 8.54. The van der Waals surface area contributed by atoms with Gasteiger partial charge in [0, 0.05) is 5.92 Å². The largest absolute Gasteiger partial charge is 0.300 e. The second-order valence-corrected chi connectivity index (χ2v) is 11.9. The van der Waals surface area contributed by atoms with Gasteiger partial charge in [0.15, 0.2) is 0 Å². The summed E-state index contributed by atoms with van der Waals surface area (Å²) in [7, 11) is 0. The van der Waals surface area contributed by atoms with Gasteiger partial charge in [0.25, 0.3) is 0 Å². The molecule has 2 unspecified atom stereocenters. The highest BCUT2D eigenvalue weighted by Gasteiger charge is 2.50. The van der Waals surface area contributed by atoms with Gasteiger partial charge >= 0.3 is 0 Å². The molecule has 3 aliphatic carbocycles. The molecule has 0 saturated heterocycles. The van der Waals surface area contributed by atoms with Crippen molar-refractivity contribution in [2.45, 2.75) is 112 Å². The number of carbonyl (C=O) groups is 1. The highest BCUT2D eigenvalue weighted by molar-refractivity contribution is 5.78. The summed E-state index contributed by atoms with van der Waals surface area (Å²) in [6.07, 6.45) is 19.3. The molecule has 0 spiro atoms. The standard InChI is InChI=1S/C29H48O/c1-20(2)9-7-10-22(4)27-16-17-28-24(11-8-18-29(27,28)6)14-15-25-19-26(23(5)30)13-12-21(25)3/h14-15,20-22,26-28H,7-13,16-19H2,1-6H3/b24-14+,25-15+/t21?,22-,26+,27-,28?,29-/m1/s1. The molecule has 3 rings (SSSR count). The van der Waals surface area contributed by atoms with E-state index >= 15 is 0 Å². The summed E-state index contributed by atoms with van der Waals surface area (Å²) in [6, 6.07) is 0. The Balaban J connectivity index is 1.70. The maximum Gasteiger partial charge on any atom is 0.133 e. The number of carbonyl (C=O) groups excluding carboxylic acids is 1. The van der Waals surface area contributed by atoms with Gasteiger partial charge in [0.1, 0.15) is 5.78 Å². The molecule has 0 aromatic rings. The fourth-order valence-corrected chi connectivity index (χ4v) is 7.28. The SMILES string of the molecule is CC(=O)[C@H]1CCC(C)/C(=C/C=C2\CCC[C@@]3(C)C2CC[C@@H]3[C@H](C)CCCC(C)C)C1. The lowest BCUT2D eigenvalue weighted by atomic mass is 9.60. The monoisotopic (exact) mass is 412 g/mol. The molecule has 6 atom stereocenters. The van der Waals surface area contributed by atoms with Crippen molar-refractivity contribution in [2.75, 3.05) is 0 Å². The van der Waals surface area contributed by atoms with Gasteiger partial charge in [-0.05, 0) is 93.3 Å². The highest BCUT2D eigenvalue weighted by atomic mass is 16.1. The zero-order valence-corrected chi connectivity index (χ0v) is 20.8. The van der Waals surface area contributed by atoms with Crippen LogP contribution in [0, 0.1) is 40.9 Å². The number of allylic oxidation sites excluding steroid dienone is 4. The first kappa shape index (κ1) is 23.8. The van der Waals surface area contributed by atoms with E-state index < -0.39 is 0 Å². The first-order chi connectivity index (χ1) is 14.2. The first-order valence-corrected chi connectivity index (χ1v) is 13.1. The van der Waals surface area contributed by atoms with Gasteiger partial charge in [0.05, 0.1) is 0 Å². The molecule has 3 saturated carbocycles. The van der Waals surface area contributed by atoms with Crippen LogP contribution in [0.2, 0.25) is 0 Å². The maximum atomic E-state index is 11.9. The molecule has 30 heavy (non-hydrogen) atoms. The number of hydrogen-bond acceptors (Lipinski definition) is 1. The second-order valence-electron chi connectivity index (χ2n) is 11.9. The lowest BCUT2D eigenvalue weighted by Crippen LogP contribution is -2.36. The molecule has 0 radical (unpaired) electrons. The first-order valence-electron chi connectivity index (χ1n) is 13.1. The molecule has 0 bridgehead atoms. The molecule has 1 heteroatoms. The highest BCUT2D eigenvalue weighted by Crippen LogP contribution is 2.60. The molecule has 0 aliphatic heterocycles. The third-order valence-electron chi connectivity index (χ3n) is 9.32. The van der Waals surface area contributed by atoms with Crippen LogP contribution in [0.4, 0.5) is 0 Å². The van der Waals surface area contributed by atoms with Crippen molar-refractivity contribution in [3.8, 4) is 0 Å². The van der Waals surface area contributed by atoms with Crippen LogP contribution in [0.15, 0.2) is 23.3 Å². The van der Waals surface area contributed by atoms with Crippen molar-refractivity contribution < 1.29 is 4.79 Å². The fourth-order valence-electron chi connectivity index (χ4n) is 7.28. The Bertz CT molecular complexity index is 653. The summed E-state index contributed by atoms with van der Waals surface area (Å²) in [4.78, 5) is 11.9. The van der Waals surface area contributed by atoms with Crippen molar-refractivity contribution in [1.82, 2.24) is 0 Å². The minimum Gasteiger partial charge on any atom is -0.300 e. The van der Waals surface area contributed by atoms with Crippen molar-refractivity contribution in [1.29, 1.82) is 0 Å². The number of rotatable bonds is 7. The summed E-state index contributed by atoms with van der Waals surface area (Å²) in [5.74, 6) is 4.70. The molecular weight excluding hydrogens is 364 g/mol. The van der Waals surface area contributed by atoms with Crippen molar-refractivity contribution in [3.05, 3.63) is 23.3 Å². The smallest absolute Gasteiger partial charge is 0.133 e. The summed E-state index contributed by atoms with van der Waals surface area (Å²) in [5.41, 5.74) is 3.77. The Morgan fingerprint density at radius 1 is 1.07 bits per heavy atom. The Morgan fingerprint density at radius 3 is 2.50 bits per heavy atom. The second kappa shape index (κ2) is 10.2. The van der Waals surface area contributed by atoms with Gasteiger partial charge in [-0.3, -0.25) is 4.79 Å². The van der Waals surface area contributed by atoms with Crippen LogP contribution < -0.4 is 0 Å². The van der Waals surface area contributed by atoms with Crippen LogP contribution in [-0.4, -0.2) is 5.78 Å². The topological polar surface area (TPSA) is 17.1 Å². The minimum atomic E-state index is 0.269. The zero-order valence-electron chi connectivity index (χ0n) is 20.8.